The molecule has 2 aromatic carbocycles. The Hall–Kier alpha value is -2.53. The fraction of sp³-hybridized carbons (Fsp3) is 0.227. The number of amides is 1. The lowest BCUT2D eigenvalue weighted by molar-refractivity contribution is 0.0490. The molecule has 2 heterocycles. The summed E-state index contributed by atoms with van der Waals surface area (Å²) < 4.78 is 12.3. The molecule has 1 amide bonds. The summed E-state index contributed by atoms with van der Waals surface area (Å²) in [4.78, 5) is 14.8. The topological polar surface area (TPSA) is 38.8 Å². The first-order valence-electron chi connectivity index (χ1n) is 8.88. The highest BCUT2D eigenvalue weighted by Crippen LogP contribution is 2.47. The van der Waals surface area contributed by atoms with E-state index >= 15 is 0 Å². The Morgan fingerprint density at radius 2 is 2.07 bits per heavy atom. The average Bonchev–Trinajstić information content (AvgIpc) is 2.67. The number of halogens is 1. The molecule has 2 aliphatic rings. The molecule has 138 valence electrons. The van der Waals surface area contributed by atoms with Gasteiger partial charge in [0.2, 0.25) is 0 Å². The number of likely N-dealkylation sites (tertiary alicyclic amines) is 1. The van der Waals surface area contributed by atoms with Crippen molar-refractivity contribution in [2.45, 2.75) is 25.0 Å². The zero-order valence-corrected chi connectivity index (χ0v) is 16.4. The molecule has 0 N–H and O–H groups in total. The maximum absolute atomic E-state index is 13.0. The summed E-state index contributed by atoms with van der Waals surface area (Å²) in [6.07, 6.45) is 4.69. The quantitative estimate of drug-likeness (QED) is 0.592. The summed E-state index contributed by atoms with van der Waals surface area (Å²) in [5.74, 6) is 0.738. The second-order valence-electron chi connectivity index (χ2n) is 6.85. The molecule has 2 aliphatic heterocycles. The SMILES string of the molecule is C=C1CCN(C(=O)OCc2ccccc2)[C@@]2(C=COc3cc(Br)ccc32)C1. The van der Waals surface area contributed by atoms with Gasteiger partial charge in [-0.25, -0.2) is 4.79 Å². The standard InChI is InChI=1S/C22H20BrNO3/c1-16-9-11-24(21(25)27-15-17-5-3-2-4-6-17)22(14-16)10-12-26-20-13-18(23)7-8-19(20)22/h2-8,10,12-13H,1,9,11,14-15H2/t22-/m0/s1. The van der Waals surface area contributed by atoms with Gasteiger partial charge in [0.25, 0.3) is 0 Å². The Labute approximate surface area is 167 Å². The van der Waals surface area contributed by atoms with Gasteiger partial charge in [0.05, 0.1) is 6.26 Å². The third-order valence-corrected chi connectivity index (χ3v) is 5.56. The minimum absolute atomic E-state index is 0.251. The smallest absolute Gasteiger partial charge is 0.411 e. The monoisotopic (exact) mass is 425 g/mol. The number of fused-ring (bicyclic) bond motifs is 2. The highest BCUT2D eigenvalue weighted by Gasteiger charge is 2.46. The minimum Gasteiger partial charge on any atom is -0.465 e. The van der Waals surface area contributed by atoms with Crippen LogP contribution in [0, 0.1) is 0 Å². The van der Waals surface area contributed by atoms with Gasteiger partial charge in [0.1, 0.15) is 17.9 Å². The van der Waals surface area contributed by atoms with Crippen LogP contribution in [0.1, 0.15) is 24.0 Å². The van der Waals surface area contributed by atoms with E-state index in [9.17, 15) is 4.79 Å². The van der Waals surface area contributed by atoms with E-state index in [1.165, 1.54) is 0 Å². The second-order valence-corrected chi connectivity index (χ2v) is 7.77. The van der Waals surface area contributed by atoms with Crippen molar-refractivity contribution in [2.24, 2.45) is 0 Å². The van der Waals surface area contributed by atoms with Crippen LogP contribution in [0.5, 0.6) is 5.75 Å². The van der Waals surface area contributed by atoms with Gasteiger partial charge in [-0.05, 0) is 36.6 Å². The van der Waals surface area contributed by atoms with Gasteiger partial charge in [-0.15, -0.1) is 0 Å². The molecular weight excluding hydrogens is 406 g/mol. The first-order valence-corrected chi connectivity index (χ1v) is 9.67. The van der Waals surface area contributed by atoms with Crippen molar-refractivity contribution >= 4 is 22.0 Å². The van der Waals surface area contributed by atoms with E-state index in [0.717, 1.165) is 33.3 Å². The summed E-state index contributed by atoms with van der Waals surface area (Å²) >= 11 is 3.48. The lowest BCUT2D eigenvalue weighted by Gasteiger charge is -2.47. The van der Waals surface area contributed by atoms with Crippen molar-refractivity contribution in [3.05, 3.63) is 88.6 Å². The van der Waals surface area contributed by atoms with Gasteiger partial charge in [-0.3, -0.25) is 4.90 Å². The van der Waals surface area contributed by atoms with Crippen molar-refractivity contribution in [3.8, 4) is 5.75 Å². The first kappa shape index (κ1) is 17.9. The van der Waals surface area contributed by atoms with Gasteiger partial charge >= 0.3 is 6.09 Å². The van der Waals surface area contributed by atoms with Gasteiger partial charge in [0.15, 0.2) is 0 Å². The number of benzene rings is 2. The van der Waals surface area contributed by atoms with E-state index in [-0.39, 0.29) is 12.7 Å². The maximum Gasteiger partial charge on any atom is 0.411 e. The Morgan fingerprint density at radius 1 is 1.26 bits per heavy atom. The van der Waals surface area contributed by atoms with E-state index in [1.807, 2.05) is 54.6 Å². The molecule has 0 radical (unpaired) electrons. The fourth-order valence-corrected chi connectivity index (χ4v) is 4.08. The molecule has 1 spiro atoms. The van der Waals surface area contributed by atoms with Crippen LogP contribution in [0.2, 0.25) is 0 Å². The Morgan fingerprint density at radius 3 is 2.89 bits per heavy atom. The lowest BCUT2D eigenvalue weighted by Crippen LogP contribution is -2.52. The van der Waals surface area contributed by atoms with Crippen LogP contribution in [0.25, 0.3) is 0 Å². The molecule has 1 atom stereocenters. The van der Waals surface area contributed by atoms with E-state index < -0.39 is 5.54 Å². The molecule has 1 saturated heterocycles. The van der Waals surface area contributed by atoms with E-state index in [1.54, 1.807) is 11.2 Å². The summed E-state index contributed by atoms with van der Waals surface area (Å²) in [5.41, 5.74) is 2.40. The number of carbonyl (C=O) groups is 1. The van der Waals surface area contributed by atoms with Crippen molar-refractivity contribution in [2.75, 3.05) is 6.54 Å². The zero-order valence-electron chi connectivity index (χ0n) is 14.9. The van der Waals surface area contributed by atoms with Crippen LogP contribution in [-0.4, -0.2) is 17.5 Å². The number of hydrogen-bond acceptors (Lipinski definition) is 3. The molecule has 4 rings (SSSR count). The molecule has 5 heteroatoms. The average molecular weight is 426 g/mol. The van der Waals surface area contributed by atoms with Gasteiger partial charge in [-0.1, -0.05) is 64.5 Å². The number of ether oxygens (including phenoxy) is 2. The Bertz CT molecular complexity index is 909. The number of nitrogens with zero attached hydrogens (tertiary/aromatic N) is 1. The summed E-state index contributed by atoms with van der Waals surface area (Å²) in [6.45, 7) is 4.99. The van der Waals surface area contributed by atoms with Crippen LogP contribution in [0.4, 0.5) is 4.79 Å². The lowest BCUT2D eigenvalue weighted by atomic mass is 9.77. The first-order chi connectivity index (χ1) is 13.1. The molecule has 0 bridgehead atoms. The minimum atomic E-state index is -0.628. The van der Waals surface area contributed by atoms with Crippen LogP contribution >= 0.6 is 15.9 Å². The summed E-state index contributed by atoms with van der Waals surface area (Å²) in [6, 6.07) is 15.6. The van der Waals surface area contributed by atoms with Crippen LogP contribution < -0.4 is 4.74 Å². The normalized spacial score (nSPS) is 20.9. The number of carbonyl (C=O) groups excluding carboxylic acids is 1. The van der Waals surface area contributed by atoms with Crippen molar-refractivity contribution in [3.63, 3.8) is 0 Å². The highest BCUT2D eigenvalue weighted by atomic mass is 79.9. The third-order valence-electron chi connectivity index (χ3n) is 5.06. The summed E-state index contributed by atoms with van der Waals surface area (Å²) in [7, 11) is 0. The van der Waals surface area contributed by atoms with Crippen LogP contribution in [0.3, 0.4) is 0 Å². The van der Waals surface area contributed by atoms with Crippen LogP contribution in [0.15, 0.2) is 77.5 Å². The number of piperidine rings is 1. The maximum atomic E-state index is 13.0. The molecule has 4 nitrogen and oxygen atoms in total. The van der Waals surface area contributed by atoms with Gasteiger partial charge in [0, 0.05) is 16.6 Å². The van der Waals surface area contributed by atoms with Gasteiger partial charge in [-0.2, -0.15) is 0 Å². The number of hydrogen-bond donors (Lipinski definition) is 0. The molecule has 2 aromatic rings. The fourth-order valence-electron chi connectivity index (χ4n) is 3.74. The third kappa shape index (κ3) is 3.39. The highest BCUT2D eigenvalue weighted by molar-refractivity contribution is 9.10. The largest absolute Gasteiger partial charge is 0.465 e. The molecule has 27 heavy (non-hydrogen) atoms. The molecular formula is C22H20BrNO3. The zero-order chi connectivity index (χ0) is 18.9. The van der Waals surface area contributed by atoms with E-state index in [4.69, 9.17) is 9.47 Å². The molecule has 0 aliphatic carbocycles. The van der Waals surface area contributed by atoms with Crippen LogP contribution in [-0.2, 0) is 16.9 Å². The van der Waals surface area contributed by atoms with E-state index in [0.29, 0.717) is 13.0 Å². The number of rotatable bonds is 2. The van der Waals surface area contributed by atoms with Crippen molar-refractivity contribution < 1.29 is 14.3 Å². The van der Waals surface area contributed by atoms with E-state index in [2.05, 4.69) is 22.5 Å². The predicted octanol–water partition coefficient (Wildman–Crippen LogP) is 5.54. The Balaban J connectivity index is 1.65. The molecule has 0 unspecified atom stereocenters. The van der Waals surface area contributed by atoms with Crippen molar-refractivity contribution in [1.82, 2.24) is 4.90 Å². The molecule has 0 saturated carbocycles. The second kappa shape index (κ2) is 7.24. The predicted molar refractivity (Wildman–Crippen MR) is 107 cm³/mol. The van der Waals surface area contributed by atoms with Crippen molar-refractivity contribution in [1.29, 1.82) is 0 Å². The summed E-state index contributed by atoms with van der Waals surface area (Å²) in [5, 5.41) is 0. The molecule has 0 aromatic heterocycles. The molecule has 1 fully saturated rings. The van der Waals surface area contributed by atoms with Gasteiger partial charge < -0.3 is 9.47 Å². The Kier molecular flexibility index (Phi) is 4.79.